The molecule has 0 spiro atoms. The lowest BCUT2D eigenvalue weighted by Gasteiger charge is -1.88. The van der Waals surface area contributed by atoms with Crippen molar-refractivity contribution in [3.63, 3.8) is 0 Å². The second-order valence-electron chi connectivity index (χ2n) is 1.69. The van der Waals surface area contributed by atoms with Gasteiger partial charge in [0.25, 0.3) is 0 Å². The van der Waals surface area contributed by atoms with Gasteiger partial charge in [-0.05, 0) is 19.4 Å². The molecule has 2 heteroatoms. The van der Waals surface area contributed by atoms with Gasteiger partial charge in [0.2, 0.25) is 0 Å². The number of rotatable bonds is 2. The van der Waals surface area contributed by atoms with Gasteiger partial charge in [-0.15, -0.1) is 0 Å². The summed E-state index contributed by atoms with van der Waals surface area (Å²) in [5.74, 6) is 0. The number of nitrogens with one attached hydrogen (secondary N) is 1. The van der Waals surface area contributed by atoms with E-state index in [2.05, 4.69) is 0 Å². The molecular formula is C7H10ClN. The first kappa shape index (κ1) is 8.44. The van der Waals surface area contributed by atoms with Gasteiger partial charge in [-0.25, -0.2) is 0 Å². The third-order valence-corrected chi connectivity index (χ3v) is 1.18. The Hall–Kier alpha value is -0.560. The quantitative estimate of drug-likeness (QED) is 0.454. The van der Waals surface area contributed by atoms with Crippen LogP contribution in [-0.2, 0) is 0 Å². The first-order chi connectivity index (χ1) is 4.18. The number of hydrogen-bond donors (Lipinski definition) is 1. The van der Waals surface area contributed by atoms with Crippen LogP contribution < -0.4 is 0 Å². The molecule has 0 amide bonds. The molecule has 0 aliphatic heterocycles. The molecule has 1 nitrogen and oxygen atoms in total. The molecule has 9 heavy (non-hydrogen) atoms. The second kappa shape index (κ2) is 4.33. The highest BCUT2D eigenvalue weighted by Crippen LogP contribution is 1.98. The van der Waals surface area contributed by atoms with Crippen LogP contribution in [0, 0.1) is 5.41 Å². The zero-order chi connectivity index (χ0) is 7.28. The monoisotopic (exact) mass is 143 g/mol. The Kier molecular flexibility index (Phi) is 4.06. The first-order valence-electron chi connectivity index (χ1n) is 2.72. The largest absolute Gasteiger partial charge is 0.289 e. The number of halogens is 1. The molecule has 1 N–H and O–H groups in total. The Bertz CT molecular complexity index is 156. The molecule has 0 rings (SSSR count). The molecule has 0 aromatic heterocycles. The standard InChI is InChI=1S/C7H10ClN/c1-3-4-5-6(2)7(8)9/h3-5,9H,1-2H3/b4-3-,6-5+,9-7?. The van der Waals surface area contributed by atoms with Crippen LogP contribution in [0.15, 0.2) is 23.8 Å². The lowest BCUT2D eigenvalue weighted by molar-refractivity contribution is 1.48. The highest BCUT2D eigenvalue weighted by molar-refractivity contribution is 6.68. The van der Waals surface area contributed by atoms with E-state index in [0.717, 1.165) is 5.57 Å². The Morgan fingerprint density at radius 2 is 2.11 bits per heavy atom. The third kappa shape index (κ3) is 3.98. The molecule has 0 radical (unpaired) electrons. The summed E-state index contributed by atoms with van der Waals surface area (Å²) in [5, 5.41) is 7.05. The average Bonchev–Trinajstić information content (AvgIpc) is 1.82. The van der Waals surface area contributed by atoms with Crippen LogP contribution in [0.2, 0.25) is 0 Å². The van der Waals surface area contributed by atoms with Crippen LogP contribution >= 0.6 is 11.6 Å². The summed E-state index contributed by atoms with van der Waals surface area (Å²) in [5.41, 5.74) is 0.787. The summed E-state index contributed by atoms with van der Waals surface area (Å²) >= 11 is 5.35. The van der Waals surface area contributed by atoms with E-state index in [4.69, 9.17) is 17.0 Å². The van der Waals surface area contributed by atoms with Crippen molar-refractivity contribution in [3.05, 3.63) is 23.8 Å². The van der Waals surface area contributed by atoms with E-state index in [-0.39, 0.29) is 5.17 Å². The summed E-state index contributed by atoms with van der Waals surface area (Å²) < 4.78 is 0. The van der Waals surface area contributed by atoms with Gasteiger partial charge in [0.05, 0.1) is 0 Å². The second-order valence-corrected chi connectivity index (χ2v) is 2.07. The molecule has 0 aromatic rings. The van der Waals surface area contributed by atoms with Gasteiger partial charge in [-0.1, -0.05) is 29.8 Å². The molecule has 0 saturated carbocycles. The lowest BCUT2D eigenvalue weighted by atomic mass is 10.3. The Morgan fingerprint density at radius 3 is 2.44 bits per heavy atom. The van der Waals surface area contributed by atoms with Crippen molar-refractivity contribution < 1.29 is 0 Å². The maximum atomic E-state index is 6.94. The van der Waals surface area contributed by atoms with E-state index >= 15 is 0 Å². The molecule has 50 valence electrons. The Balaban J connectivity index is 4.00. The van der Waals surface area contributed by atoms with E-state index in [1.165, 1.54) is 0 Å². The van der Waals surface area contributed by atoms with Gasteiger partial charge in [0.1, 0.15) is 5.17 Å². The summed E-state index contributed by atoms with van der Waals surface area (Å²) in [6.07, 6.45) is 5.55. The molecule has 0 atom stereocenters. The molecule has 0 aliphatic rings. The van der Waals surface area contributed by atoms with E-state index < -0.39 is 0 Å². The Morgan fingerprint density at radius 1 is 1.56 bits per heavy atom. The smallest absolute Gasteiger partial charge is 0.123 e. The predicted octanol–water partition coefficient (Wildman–Crippen LogP) is 2.72. The van der Waals surface area contributed by atoms with Crippen molar-refractivity contribution in [1.29, 1.82) is 5.41 Å². The van der Waals surface area contributed by atoms with Gasteiger partial charge >= 0.3 is 0 Å². The van der Waals surface area contributed by atoms with Crippen molar-refractivity contribution >= 4 is 16.8 Å². The minimum absolute atomic E-state index is 0.105. The number of hydrogen-bond acceptors (Lipinski definition) is 1. The van der Waals surface area contributed by atoms with Gasteiger partial charge in [-0.3, -0.25) is 5.41 Å². The van der Waals surface area contributed by atoms with E-state index in [9.17, 15) is 0 Å². The van der Waals surface area contributed by atoms with Crippen molar-refractivity contribution in [1.82, 2.24) is 0 Å². The fraction of sp³-hybridized carbons (Fsp3) is 0.286. The fourth-order valence-electron chi connectivity index (χ4n) is 0.314. The molecule has 0 saturated heterocycles. The predicted molar refractivity (Wildman–Crippen MR) is 42.2 cm³/mol. The summed E-state index contributed by atoms with van der Waals surface area (Å²) in [4.78, 5) is 0. The SMILES string of the molecule is C/C=C\C=C(/C)C(=N)Cl. The van der Waals surface area contributed by atoms with Gasteiger partial charge in [-0.2, -0.15) is 0 Å². The van der Waals surface area contributed by atoms with E-state index in [0.29, 0.717) is 0 Å². The van der Waals surface area contributed by atoms with Gasteiger partial charge in [0, 0.05) is 0 Å². The van der Waals surface area contributed by atoms with Gasteiger partial charge in [0.15, 0.2) is 0 Å². The normalized spacial score (nSPS) is 12.6. The molecule has 0 unspecified atom stereocenters. The average molecular weight is 144 g/mol. The summed E-state index contributed by atoms with van der Waals surface area (Å²) in [7, 11) is 0. The first-order valence-corrected chi connectivity index (χ1v) is 3.10. The molecule has 0 heterocycles. The minimum atomic E-state index is 0.105. The summed E-state index contributed by atoms with van der Waals surface area (Å²) in [6.45, 7) is 3.72. The maximum Gasteiger partial charge on any atom is 0.123 e. The Labute approximate surface area is 60.5 Å². The van der Waals surface area contributed by atoms with Crippen LogP contribution in [0.4, 0.5) is 0 Å². The van der Waals surface area contributed by atoms with E-state index in [1.54, 1.807) is 13.0 Å². The van der Waals surface area contributed by atoms with Crippen LogP contribution in [0.1, 0.15) is 13.8 Å². The molecular weight excluding hydrogens is 134 g/mol. The summed E-state index contributed by atoms with van der Waals surface area (Å²) in [6, 6.07) is 0. The topological polar surface area (TPSA) is 23.9 Å². The van der Waals surface area contributed by atoms with Crippen molar-refractivity contribution in [2.45, 2.75) is 13.8 Å². The maximum absolute atomic E-state index is 6.94. The molecule has 0 aromatic carbocycles. The number of allylic oxidation sites excluding steroid dienone is 4. The van der Waals surface area contributed by atoms with Crippen molar-refractivity contribution in [3.8, 4) is 0 Å². The zero-order valence-electron chi connectivity index (χ0n) is 5.61. The fourth-order valence-corrected chi connectivity index (χ4v) is 0.377. The van der Waals surface area contributed by atoms with Crippen molar-refractivity contribution in [2.24, 2.45) is 0 Å². The van der Waals surface area contributed by atoms with Crippen LogP contribution in [0.5, 0.6) is 0 Å². The van der Waals surface area contributed by atoms with Gasteiger partial charge < -0.3 is 0 Å². The highest BCUT2D eigenvalue weighted by atomic mass is 35.5. The lowest BCUT2D eigenvalue weighted by Crippen LogP contribution is -1.83. The van der Waals surface area contributed by atoms with Crippen LogP contribution in [0.25, 0.3) is 0 Å². The minimum Gasteiger partial charge on any atom is -0.289 e. The molecule has 0 bridgehead atoms. The molecule has 0 fully saturated rings. The zero-order valence-corrected chi connectivity index (χ0v) is 6.37. The third-order valence-electron chi connectivity index (χ3n) is 0.885. The molecule has 0 aliphatic carbocycles. The van der Waals surface area contributed by atoms with Crippen LogP contribution in [-0.4, -0.2) is 5.17 Å². The highest BCUT2D eigenvalue weighted by Gasteiger charge is 1.88. The van der Waals surface area contributed by atoms with Crippen molar-refractivity contribution in [2.75, 3.05) is 0 Å². The van der Waals surface area contributed by atoms with Crippen LogP contribution in [0.3, 0.4) is 0 Å². The van der Waals surface area contributed by atoms with E-state index in [1.807, 2.05) is 19.1 Å².